The van der Waals surface area contributed by atoms with E-state index in [-0.39, 0.29) is 40.6 Å². The van der Waals surface area contributed by atoms with Gasteiger partial charge in [-0.3, -0.25) is 9.59 Å². The maximum atomic E-state index is 13.2. The van der Waals surface area contributed by atoms with Gasteiger partial charge in [-0.15, -0.1) is 11.8 Å². The molecule has 2 amide bonds. The van der Waals surface area contributed by atoms with Crippen molar-refractivity contribution in [2.75, 3.05) is 16.8 Å². The molecule has 0 saturated heterocycles. The van der Waals surface area contributed by atoms with Crippen LogP contribution < -0.4 is 10.6 Å². The number of rotatable bonds is 8. The van der Waals surface area contributed by atoms with Crippen LogP contribution in [0.3, 0.4) is 0 Å². The average Bonchev–Trinajstić information content (AvgIpc) is 2.98. The average molecular weight is 408 g/mol. The lowest BCUT2D eigenvalue weighted by molar-refractivity contribution is -0.119. The molecular weight excluding hydrogens is 381 g/mol. The van der Waals surface area contributed by atoms with Gasteiger partial charge >= 0.3 is 0 Å². The van der Waals surface area contributed by atoms with Gasteiger partial charge in [0, 0.05) is 6.07 Å². The Labute approximate surface area is 168 Å². The molecule has 152 valence electrons. The number of amides is 2. The molecule has 0 bridgehead atoms. The van der Waals surface area contributed by atoms with Crippen molar-refractivity contribution >= 4 is 29.4 Å². The first-order valence-corrected chi connectivity index (χ1v) is 10.1. The maximum absolute atomic E-state index is 13.2. The van der Waals surface area contributed by atoms with Gasteiger partial charge in [0.05, 0.1) is 17.5 Å². The minimum Gasteiger partial charge on any atom is -0.360 e. The zero-order valence-corrected chi connectivity index (χ0v) is 17.4. The highest BCUT2D eigenvalue weighted by Crippen LogP contribution is 2.29. The Bertz CT molecular complexity index is 800. The van der Waals surface area contributed by atoms with Crippen molar-refractivity contribution < 1.29 is 18.5 Å². The summed E-state index contributed by atoms with van der Waals surface area (Å²) in [6.45, 7) is 7.98. The quantitative estimate of drug-likeness (QED) is 0.689. The highest BCUT2D eigenvalue weighted by Gasteiger charge is 2.22. The van der Waals surface area contributed by atoms with E-state index in [2.05, 4.69) is 36.6 Å². The van der Waals surface area contributed by atoms with E-state index in [0.29, 0.717) is 18.0 Å². The van der Waals surface area contributed by atoms with Crippen LogP contribution in [0.4, 0.5) is 10.2 Å². The first-order chi connectivity index (χ1) is 13.1. The van der Waals surface area contributed by atoms with Gasteiger partial charge in [0.15, 0.2) is 5.82 Å². The third-order valence-electron chi connectivity index (χ3n) is 3.79. The van der Waals surface area contributed by atoms with E-state index in [4.69, 9.17) is 4.52 Å². The standard InChI is InChI=1S/C20H26FN3O3S/c1-13-9-17(24-27-13)23-19(26)12-28-11-18(25)22-16(10-20(2,3)4)14-5-7-15(21)8-6-14/h5-9,16H,10-12H2,1-4H3,(H,22,25)(H,23,24,26)/t16-/m0/s1. The molecule has 0 radical (unpaired) electrons. The smallest absolute Gasteiger partial charge is 0.235 e. The highest BCUT2D eigenvalue weighted by atomic mass is 32.2. The summed E-state index contributed by atoms with van der Waals surface area (Å²) in [5, 5.41) is 9.29. The van der Waals surface area contributed by atoms with Crippen LogP contribution in [0.25, 0.3) is 0 Å². The van der Waals surface area contributed by atoms with E-state index in [1.54, 1.807) is 25.1 Å². The van der Waals surface area contributed by atoms with E-state index in [9.17, 15) is 14.0 Å². The Kier molecular flexibility index (Phi) is 7.62. The maximum Gasteiger partial charge on any atom is 0.235 e. The molecule has 8 heteroatoms. The van der Waals surface area contributed by atoms with Crippen molar-refractivity contribution in [3.63, 3.8) is 0 Å². The molecule has 6 nitrogen and oxygen atoms in total. The molecular formula is C20H26FN3O3S. The number of aryl methyl sites for hydroxylation is 1. The van der Waals surface area contributed by atoms with Crippen molar-refractivity contribution in [1.82, 2.24) is 10.5 Å². The fourth-order valence-corrected chi connectivity index (χ4v) is 3.26. The molecule has 0 fully saturated rings. The number of benzene rings is 1. The molecule has 0 aliphatic carbocycles. The van der Waals surface area contributed by atoms with Crippen molar-refractivity contribution in [3.8, 4) is 0 Å². The van der Waals surface area contributed by atoms with Gasteiger partial charge in [-0.05, 0) is 36.5 Å². The molecule has 1 aromatic carbocycles. The van der Waals surface area contributed by atoms with Crippen LogP contribution >= 0.6 is 11.8 Å². The molecule has 0 aliphatic rings. The van der Waals surface area contributed by atoms with E-state index >= 15 is 0 Å². The fraction of sp³-hybridized carbons (Fsp3) is 0.450. The minimum atomic E-state index is -0.312. The van der Waals surface area contributed by atoms with Crippen LogP contribution in [0.5, 0.6) is 0 Å². The SMILES string of the molecule is Cc1cc(NC(=O)CSCC(=O)N[C@@H](CC(C)(C)C)c2ccc(F)cc2)no1. The van der Waals surface area contributed by atoms with Crippen molar-refractivity contribution in [3.05, 3.63) is 47.5 Å². The monoisotopic (exact) mass is 407 g/mol. The number of aromatic nitrogens is 1. The summed E-state index contributed by atoms with van der Waals surface area (Å²) in [4.78, 5) is 24.2. The van der Waals surface area contributed by atoms with E-state index < -0.39 is 0 Å². The highest BCUT2D eigenvalue weighted by molar-refractivity contribution is 8.00. The van der Waals surface area contributed by atoms with E-state index in [1.807, 2.05) is 0 Å². The first kappa shape index (κ1) is 21.9. The van der Waals surface area contributed by atoms with Gasteiger partial charge in [0.25, 0.3) is 0 Å². The van der Waals surface area contributed by atoms with E-state index in [1.165, 1.54) is 23.9 Å². The molecule has 1 atom stereocenters. The van der Waals surface area contributed by atoms with Gasteiger partial charge in [0.2, 0.25) is 11.8 Å². The summed E-state index contributed by atoms with van der Waals surface area (Å²) in [5.74, 6) is 0.493. The molecule has 0 saturated carbocycles. The van der Waals surface area contributed by atoms with Gasteiger partial charge in [-0.25, -0.2) is 4.39 Å². The second-order valence-electron chi connectivity index (χ2n) is 7.80. The summed E-state index contributed by atoms with van der Waals surface area (Å²) < 4.78 is 18.1. The summed E-state index contributed by atoms with van der Waals surface area (Å²) in [6, 6.07) is 7.55. The number of carbonyl (C=O) groups excluding carboxylic acids is 2. The Morgan fingerprint density at radius 3 is 2.39 bits per heavy atom. The third-order valence-corrected chi connectivity index (χ3v) is 4.72. The van der Waals surface area contributed by atoms with Gasteiger partial charge in [-0.2, -0.15) is 0 Å². The van der Waals surface area contributed by atoms with Crippen LogP contribution in [0, 0.1) is 18.2 Å². The number of nitrogens with zero attached hydrogens (tertiary/aromatic N) is 1. The first-order valence-electron chi connectivity index (χ1n) is 8.98. The third kappa shape index (κ3) is 7.72. The molecule has 28 heavy (non-hydrogen) atoms. The number of halogens is 1. The molecule has 2 rings (SSSR count). The predicted molar refractivity (Wildman–Crippen MR) is 109 cm³/mol. The molecule has 2 aromatic rings. The second kappa shape index (κ2) is 9.73. The molecule has 2 N–H and O–H groups in total. The second-order valence-corrected chi connectivity index (χ2v) is 8.79. The summed E-state index contributed by atoms with van der Waals surface area (Å²) in [5.41, 5.74) is 0.837. The van der Waals surface area contributed by atoms with Crippen LogP contribution in [0.1, 0.15) is 44.6 Å². The number of anilines is 1. The van der Waals surface area contributed by atoms with Crippen LogP contribution in [0.15, 0.2) is 34.9 Å². The molecule has 1 aromatic heterocycles. The Morgan fingerprint density at radius 2 is 1.82 bits per heavy atom. The Morgan fingerprint density at radius 1 is 1.18 bits per heavy atom. The summed E-state index contributed by atoms with van der Waals surface area (Å²) >= 11 is 1.21. The number of nitrogens with one attached hydrogen (secondary N) is 2. The lowest BCUT2D eigenvalue weighted by Crippen LogP contribution is -2.32. The van der Waals surface area contributed by atoms with Gasteiger partial charge in [0.1, 0.15) is 11.6 Å². The normalized spacial score (nSPS) is 12.5. The summed E-state index contributed by atoms with van der Waals surface area (Å²) in [6.07, 6.45) is 0.709. The lowest BCUT2D eigenvalue weighted by Gasteiger charge is -2.27. The number of hydrogen-bond acceptors (Lipinski definition) is 5. The number of thioether (sulfide) groups is 1. The number of carbonyl (C=O) groups is 2. The van der Waals surface area contributed by atoms with E-state index in [0.717, 1.165) is 5.56 Å². The van der Waals surface area contributed by atoms with Gasteiger partial charge in [-0.1, -0.05) is 38.1 Å². The van der Waals surface area contributed by atoms with Crippen LogP contribution in [-0.2, 0) is 9.59 Å². The topological polar surface area (TPSA) is 84.2 Å². The van der Waals surface area contributed by atoms with Crippen molar-refractivity contribution in [2.45, 2.75) is 40.2 Å². The van der Waals surface area contributed by atoms with Crippen molar-refractivity contribution in [2.24, 2.45) is 5.41 Å². The molecule has 1 heterocycles. The van der Waals surface area contributed by atoms with Gasteiger partial charge < -0.3 is 15.2 Å². The molecule has 0 aliphatic heterocycles. The van der Waals surface area contributed by atoms with Crippen LogP contribution in [0.2, 0.25) is 0 Å². The fourth-order valence-electron chi connectivity index (χ4n) is 2.64. The number of hydrogen-bond donors (Lipinski definition) is 2. The largest absolute Gasteiger partial charge is 0.360 e. The Hall–Kier alpha value is -2.35. The Balaban J connectivity index is 1.85. The summed E-state index contributed by atoms with van der Waals surface area (Å²) in [7, 11) is 0. The lowest BCUT2D eigenvalue weighted by atomic mass is 9.85. The van der Waals surface area contributed by atoms with Crippen LogP contribution in [-0.4, -0.2) is 28.5 Å². The zero-order chi connectivity index (χ0) is 20.7. The molecule has 0 spiro atoms. The molecule has 0 unspecified atom stereocenters. The zero-order valence-electron chi connectivity index (χ0n) is 16.5. The predicted octanol–water partition coefficient (Wildman–Crippen LogP) is 4.09. The minimum absolute atomic E-state index is 0.0188. The van der Waals surface area contributed by atoms with Crippen molar-refractivity contribution in [1.29, 1.82) is 0 Å².